The Balaban J connectivity index is -0.000000280. The molecule has 0 rings (SSSR count). The summed E-state index contributed by atoms with van der Waals surface area (Å²) in [7, 11) is 0. The van der Waals surface area contributed by atoms with Crippen LogP contribution in [0.1, 0.15) is 12.8 Å². The zero-order valence-corrected chi connectivity index (χ0v) is 10.9. The van der Waals surface area contributed by atoms with E-state index in [0.717, 1.165) is 6.08 Å². The minimum absolute atomic E-state index is 0. The molecule has 2 nitrogen and oxygen atoms in total. The van der Waals surface area contributed by atoms with Gasteiger partial charge in [-0.3, -0.25) is 4.39 Å². The van der Waals surface area contributed by atoms with E-state index >= 15 is 0 Å². The molecule has 0 saturated carbocycles. The number of carboxylic acids is 1. The number of halogens is 6. The summed E-state index contributed by atoms with van der Waals surface area (Å²) in [6.07, 6.45) is -11.8. The van der Waals surface area contributed by atoms with E-state index in [9.17, 15) is 31.1 Å². The van der Waals surface area contributed by atoms with Crippen molar-refractivity contribution in [3.63, 3.8) is 0 Å². The van der Waals surface area contributed by atoms with Crippen molar-refractivity contribution < 1.29 is 65.8 Å². The van der Waals surface area contributed by atoms with Crippen molar-refractivity contribution in [2.45, 2.75) is 25.2 Å². The summed E-state index contributed by atoms with van der Waals surface area (Å²) in [4.78, 5) is 9.25. The smallest absolute Gasteiger partial charge is 0.478 e. The number of carbonyl (C=O) groups is 1. The fourth-order valence-corrected chi connectivity index (χ4v) is 0.399. The van der Waals surface area contributed by atoms with E-state index in [1.54, 1.807) is 0 Å². The molecule has 96 valence electrons. The van der Waals surface area contributed by atoms with Gasteiger partial charge in [0.15, 0.2) is 0 Å². The fraction of sp³-hybridized carbons (Fsp3) is 0.500. The van der Waals surface area contributed by atoms with Crippen molar-refractivity contribution in [3.05, 3.63) is 19.1 Å². The average Bonchev–Trinajstić information content (AvgIpc) is 2.13. The normalized spacial score (nSPS) is 11.9. The fourth-order valence-electron chi connectivity index (χ4n) is 0.399. The molecule has 1 N–H and O–H groups in total. The molecule has 0 spiro atoms. The first-order valence-electron chi connectivity index (χ1n) is 3.84. The average molecular weight is 274 g/mol. The van der Waals surface area contributed by atoms with Gasteiger partial charge in [-0.2, -0.15) is 13.2 Å². The summed E-state index contributed by atoms with van der Waals surface area (Å²) < 4.78 is 67.9. The van der Waals surface area contributed by atoms with Gasteiger partial charge in [-0.1, -0.05) is 6.58 Å². The van der Waals surface area contributed by atoms with Crippen molar-refractivity contribution in [3.8, 4) is 0 Å². The molecule has 0 aliphatic carbocycles. The number of carboxylic acid groups (broad SMARTS) is 1. The molecular weight excluding hydrogens is 265 g/mol. The predicted octanol–water partition coefficient (Wildman–Crippen LogP) is 0.356. The Labute approximate surface area is 116 Å². The van der Waals surface area contributed by atoms with Crippen LogP contribution in [0.15, 0.2) is 12.7 Å². The molecule has 0 radical (unpaired) electrons. The van der Waals surface area contributed by atoms with E-state index < -0.39 is 37.6 Å². The first-order chi connectivity index (χ1) is 7.10. The van der Waals surface area contributed by atoms with Crippen LogP contribution < -0.4 is 29.6 Å². The summed E-state index contributed by atoms with van der Waals surface area (Å²) >= 11 is 0. The Kier molecular flexibility index (Phi) is 14.1. The van der Waals surface area contributed by atoms with Gasteiger partial charge in [0.05, 0.1) is 0 Å². The standard InChI is InChI=1S/C5H5F6.C3H4O2.Na/c6-3(4(7)8)1-2-5(9,10)11;1-2-3(4)5;/h3H,1-2H2;2H,1H2,(H,4,5);/q-1;;+1. The van der Waals surface area contributed by atoms with Crippen LogP contribution in [-0.4, -0.2) is 23.4 Å². The van der Waals surface area contributed by atoms with Gasteiger partial charge in [-0.05, 0) is 6.42 Å². The molecule has 17 heavy (non-hydrogen) atoms. The molecule has 0 saturated heterocycles. The molecule has 1 atom stereocenters. The third-order valence-electron chi connectivity index (χ3n) is 1.09. The molecule has 0 aliphatic rings. The van der Waals surface area contributed by atoms with Gasteiger partial charge in [0.1, 0.15) is 0 Å². The Morgan fingerprint density at radius 1 is 1.41 bits per heavy atom. The van der Waals surface area contributed by atoms with Gasteiger partial charge < -0.3 is 13.9 Å². The largest absolute Gasteiger partial charge is 1.00 e. The molecule has 0 aliphatic heterocycles. The maximum absolute atomic E-state index is 11.8. The number of alkyl halides is 4. The van der Waals surface area contributed by atoms with E-state index in [1.165, 1.54) is 0 Å². The zero-order valence-electron chi connectivity index (χ0n) is 8.90. The predicted molar refractivity (Wildman–Crippen MR) is 43.5 cm³/mol. The minimum Gasteiger partial charge on any atom is -0.478 e. The van der Waals surface area contributed by atoms with Gasteiger partial charge in [0.2, 0.25) is 0 Å². The molecule has 0 amide bonds. The second kappa shape index (κ2) is 10.9. The first kappa shape index (κ1) is 22.0. The number of rotatable bonds is 4. The quantitative estimate of drug-likeness (QED) is 0.348. The van der Waals surface area contributed by atoms with Crippen LogP contribution in [-0.2, 0) is 4.79 Å². The third-order valence-corrected chi connectivity index (χ3v) is 1.09. The van der Waals surface area contributed by atoms with Crippen molar-refractivity contribution in [2.75, 3.05) is 0 Å². The monoisotopic (exact) mass is 274 g/mol. The van der Waals surface area contributed by atoms with Crippen LogP contribution in [0.25, 0.3) is 0 Å². The van der Waals surface area contributed by atoms with Crippen LogP contribution in [0.4, 0.5) is 26.3 Å². The molecule has 1 unspecified atom stereocenters. The molecular formula is C8H9F6NaO2. The topological polar surface area (TPSA) is 37.3 Å². The Morgan fingerprint density at radius 2 is 1.76 bits per heavy atom. The van der Waals surface area contributed by atoms with E-state index in [2.05, 4.69) is 6.58 Å². The summed E-state index contributed by atoms with van der Waals surface area (Å²) in [6.45, 7) is 2.96. The van der Waals surface area contributed by atoms with Crippen LogP contribution >= 0.6 is 0 Å². The van der Waals surface area contributed by atoms with Gasteiger partial charge in [0, 0.05) is 25.1 Å². The number of hydrogen-bond acceptors (Lipinski definition) is 1. The molecule has 9 heteroatoms. The Hall–Kier alpha value is -0.210. The molecule has 0 bridgehead atoms. The summed E-state index contributed by atoms with van der Waals surface area (Å²) in [5.74, 6) is -0.981. The molecule has 0 heterocycles. The second-order valence-corrected chi connectivity index (χ2v) is 2.45. The number of hydrogen-bond donors (Lipinski definition) is 1. The van der Waals surface area contributed by atoms with Crippen LogP contribution in [0, 0.1) is 6.43 Å². The van der Waals surface area contributed by atoms with Crippen molar-refractivity contribution in [1.82, 2.24) is 0 Å². The maximum atomic E-state index is 11.8. The van der Waals surface area contributed by atoms with Gasteiger partial charge in [-0.15, -0.1) is 0 Å². The van der Waals surface area contributed by atoms with E-state index in [4.69, 9.17) is 5.11 Å². The Morgan fingerprint density at radius 3 is 1.94 bits per heavy atom. The summed E-state index contributed by atoms with van der Waals surface area (Å²) in [5.41, 5.74) is 0. The van der Waals surface area contributed by atoms with Crippen molar-refractivity contribution in [1.29, 1.82) is 0 Å². The molecule has 0 aromatic rings. The zero-order chi connectivity index (χ0) is 13.4. The Bertz CT molecular complexity index is 219. The van der Waals surface area contributed by atoms with Gasteiger partial charge >= 0.3 is 41.7 Å². The minimum atomic E-state index is -4.57. The van der Waals surface area contributed by atoms with Crippen LogP contribution in [0.5, 0.6) is 0 Å². The molecule has 0 aromatic carbocycles. The first-order valence-corrected chi connectivity index (χ1v) is 3.84. The second-order valence-electron chi connectivity index (χ2n) is 2.45. The SMILES string of the molecule is C=CC(=O)O.F[C-](F)C(F)CCC(F)(F)F.[Na+]. The van der Waals surface area contributed by atoms with Gasteiger partial charge in [-0.25, -0.2) is 4.79 Å². The van der Waals surface area contributed by atoms with E-state index in [0.29, 0.717) is 0 Å². The van der Waals surface area contributed by atoms with Crippen molar-refractivity contribution >= 4 is 5.97 Å². The molecule has 0 aromatic heterocycles. The third kappa shape index (κ3) is 21.6. The van der Waals surface area contributed by atoms with E-state index in [-0.39, 0.29) is 29.6 Å². The molecule has 0 fully saturated rings. The maximum Gasteiger partial charge on any atom is 1.00 e. The number of aliphatic carboxylic acids is 1. The summed E-state index contributed by atoms with van der Waals surface area (Å²) in [5, 5.41) is 7.60. The van der Waals surface area contributed by atoms with Gasteiger partial charge in [0.25, 0.3) is 0 Å². The van der Waals surface area contributed by atoms with Crippen LogP contribution in [0.3, 0.4) is 0 Å². The van der Waals surface area contributed by atoms with Crippen LogP contribution in [0.2, 0.25) is 0 Å². The summed E-state index contributed by atoms with van der Waals surface area (Å²) in [6, 6.07) is 0. The van der Waals surface area contributed by atoms with E-state index in [1.807, 2.05) is 0 Å². The van der Waals surface area contributed by atoms with Crippen molar-refractivity contribution in [2.24, 2.45) is 0 Å².